The van der Waals surface area contributed by atoms with Gasteiger partial charge in [0, 0.05) is 12.2 Å². The molecule has 2 unspecified atom stereocenters. The maximum absolute atomic E-state index is 14.7. The maximum Gasteiger partial charge on any atom is 0.408 e. The summed E-state index contributed by atoms with van der Waals surface area (Å²) in [7, 11) is 0. The van der Waals surface area contributed by atoms with Crippen LogP contribution in [-0.2, 0) is 14.3 Å². The minimum absolute atomic E-state index is 0.116. The van der Waals surface area contributed by atoms with Gasteiger partial charge in [0.2, 0.25) is 5.91 Å². The normalized spacial score (nSPS) is 12.9. The molecule has 0 fully saturated rings. The van der Waals surface area contributed by atoms with Crippen LogP contribution in [0.2, 0.25) is 0 Å². The summed E-state index contributed by atoms with van der Waals surface area (Å²) in [5, 5.41) is 8.10. The van der Waals surface area contributed by atoms with Gasteiger partial charge in [0.15, 0.2) is 0 Å². The molecule has 2 N–H and O–H groups in total. The van der Waals surface area contributed by atoms with Gasteiger partial charge in [-0.25, -0.2) is 4.79 Å². The van der Waals surface area contributed by atoms with Crippen molar-refractivity contribution >= 4 is 34.4 Å². The number of anilines is 1. The van der Waals surface area contributed by atoms with Gasteiger partial charge in [-0.15, -0.1) is 0 Å². The summed E-state index contributed by atoms with van der Waals surface area (Å²) in [4.78, 5) is 43.8. The zero-order valence-electron chi connectivity index (χ0n) is 29.2. The number of hydrogen-bond acceptors (Lipinski definition) is 4. The number of nitrogens with one attached hydrogen (secondary N) is 2. The molecule has 0 spiro atoms. The number of carbonyl (C=O) groups excluding carboxylic acids is 3. The Hall–Kier alpha value is -3.87. The summed E-state index contributed by atoms with van der Waals surface area (Å²) in [6.45, 7) is 16.0. The molecule has 7 nitrogen and oxygen atoms in total. The molecule has 0 aliphatic heterocycles. The zero-order chi connectivity index (χ0) is 33.9. The lowest BCUT2D eigenvalue weighted by Crippen LogP contribution is -2.53. The van der Waals surface area contributed by atoms with Crippen molar-refractivity contribution in [3.8, 4) is 0 Å². The highest BCUT2D eigenvalue weighted by Gasteiger charge is 2.37. The smallest absolute Gasteiger partial charge is 0.408 e. The third kappa shape index (κ3) is 11.2. The lowest BCUT2D eigenvalue weighted by Gasteiger charge is -2.35. The molecule has 0 bridgehead atoms. The fourth-order valence-corrected chi connectivity index (χ4v) is 5.75. The Bertz CT molecular complexity index is 1460. The molecule has 0 heterocycles. The predicted octanol–water partition coefficient (Wildman–Crippen LogP) is 9.26. The van der Waals surface area contributed by atoms with Crippen LogP contribution < -0.4 is 10.6 Å². The number of carbonyl (C=O) groups is 3. The third-order valence-corrected chi connectivity index (χ3v) is 8.04. The van der Waals surface area contributed by atoms with E-state index in [1.54, 1.807) is 25.7 Å². The second-order valence-corrected chi connectivity index (χ2v) is 13.9. The molecule has 46 heavy (non-hydrogen) atoms. The molecule has 0 radical (unpaired) electrons. The van der Waals surface area contributed by atoms with E-state index in [4.69, 9.17) is 4.74 Å². The van der Waals surface area contributed by atoms with Gasteiger partial charge in [0.1, 0.15) is 17.7 Å². The van der Waals surface area contributed by atoms with Crippen LogP contribution in [0.25, 0.3) is 10.8 Å². The molecule has 0 saturated carbocycles. The molecule has 0 aromatic heterocycles. The van der Waals surface area contributed by atoms with Gasteiger partial charge in [0.05, 0.1) is 0 Å². The molecule has 2 atom stereocenters. The minimum atomic E-state index is -0.899. The van der Waals surface area contributed by atoms with E-state index in [1.165, 1.54) is 6.42 Å². The van der Waals surface area contributed by atoms with Crippen LogP contribution in [0.15, 0.2) is 60.7 Å². The van der Waals surface area contributed by atoms with Crippen LogP contribution in [0.5, 0.6) is 0 Å². The Labute approximate surface area is 276 Å². The van der Waals surface area contributed by atoms with Gasteiger partial charge < -0.3 is 20.3 Å². The second-order valence-electron chi connectivity index (χ2n) is 13.9. The molecule has 0 saturated heterocycles. The Morgan fingerprint density at radius 3 is 2.20 bits per heavy atom. The lowest BCUT2D eigenvalue weighted by atomic mass is 9.94. The summed E-state index contributed by atoms with van der Waals surface area (Å²) in [6.07, 6.45) is 6.01. The topological polar surface area (TPSA) is 87.7 Å². The number of rotatable bonds is 15. The number of amides is 3. The maximum atomic E-state index is 14.7. The highest BCUT2D eigenvalue weighted by atomic mass is 16.6. The molecule has 250 valence electrons. The van der Waals surface area contributed by atoms with Crippen molar-refractivity contribution in [2.75, 3.05) is 11.9 Å². The summed E-state index contributed by atoms with van der Waals surface area (Å²) in [5.41, 5.74) is 2.65. The number of fused-ring (bicyclic) bond motifs is 1. The van der Waals surface area contributed by atoms with Gasteiger partial charge in [-0.05, 0) is 87.4 Å². The first-order chi connectivity index (χ1) is 21.8. The van der Waals surface area contributed by atoms with E-state index in [9.17, 15) is 14.4 Å². The van der Waals surface area contributed by atoms with Gasteiger partial charge in [-0.1, -0.05) is 107 Å². The molecular formula is C39H55N3O4. The summed E-state index contributed by atoms with van der Waals surface area (Å²) in [6, 6.07) is 18.1. The SMILES string of the molecule is CCCCCCCCN(C(=O)C(CC(C)C)NC(=O)OC(C)(C)C)C(C(=O)Nc1ccc2ccccc2c1)c1cc(C)ccc1C. The second kappa shape index (κ2) is 17.2. The first-order valence-corrected chi connectivity index (χ1v) is 17.0. The van der Waals surface area contributed by atoms with E-state index in [1.807, 2.05) is 88.4 Å². The van der Waals surface area contributed by atoms with Crippen LogP contribution in [-0.4, -0.2) is 41.0 Å². The molecule has 0 aliphatic carbocycles. The Kier molecular flexibility index (Phi) is 13.7. The van der Waals surface area contributed by atoms with Gasteiger partial charge in [0.25, 0.3) is 5.91 Å². The molecule has 3 rings (SSSR count). The quantitative estimate of drug-likeness (QED) is 0.164. The van der Waals surface area contributed by atoms with Gasteiger partial charge >= 0.3 is 6.09 Å². The van der Waals surface area contributed by atoms with Gasteiger partial charge in [-0.3, -0.25) is 9.59 Å². The Morgan fingerprint density at radius 2 is 1.52 bits per heavy atom. The average Bonchev–Trinajstić information content (AvgIpc) is 2.98. The monoisotopic (exact) mass is 629 g/mol. The predicted molar refractivity (Wildman–Crippen MR) is 189 cm³/mol. The Balaban J connectivity index is 2.06. The van der Waals surface area contributed by atoms with Crippen LogP contribution in [0.4, 0.5) is 10.5 Å². The number of alkyl carbamates (subject to hydrolysis) is 1. The Morgan fingerprint density at radius 1 is 0.848 bits per heavy atom. The van der Waals surface area contributed by atoms with Crippen LogP contribution in [0.1, 0.15) is 109 Å². The zero-order valence-corrected chi connectivity index (χ0v) is 29.2. The van der Waals surface area contributed by atoms with Crippen molar-refractivity contribution in [3.63, 3.8) is 0 Å². The standard InChI is InChI=1S/C39H55N3O4/c1-9-10-11-12-13-16-23-42(37(44)34(24-27(2)3)41-38(45)46-39(6,7)8)35(33-25-28(4)19-20-29(33)5)36(43)40-32-22-21-30-17-14-15-18-31(30)26-32/h14-15,17-22,25-27,34-35H,9-13,16,23-24H2,1-8H3,(H,40,43)(H,41,45). The summed E-state index contributed by atoms with van der Waals surface area (Å²) >= 11 is 0. The highest BCUT2D eigenvalue weighted by molar-refractivity contribution is 6.00. The van der Waals surface area contributed by atoms with Gasteiger partial charge in [-0.2, -0.15) is 0 Å². The van der Waals surface area contributed by atoms with Crippen molar-refractivity contribution in [1.82, 2.24) is 10.2 Å². The molecule has 0 aliphatic rings. The number of benzene rings is 3. The highest BCUT2D eigenvalue weighted by Crippen LogP contribution is 2.30. The number of hydrogen-bond donors (Lipinski definition) is 2. The van der Waals surface area contributed by atoms with E-state index in [2.05, 4.69) is 17.6 Å². The molecule has 3 amide bonds. The lowest BCUT2D eigenvalue weighted by molar-refractivity contribution is -0.141. The number of aryl methyl sites for hydroxylation is 2. The van der Waals surface area contributed by atoms with Crippen molar-refractivity contribution in [2.45, 2.75) is 118 Å². The van der Waals surface area contributed by atoms with Crippen LogP contribution in [0, 0.1) is 19.8 Å². The summed E-state index contributed by atoms with van der Waals surface area (Å²) in [5.74, 6) is -0.457. The molecular weight excluding hydrogens is 574 g/mol. The van der Waals surface area contributed by atoms with E-state index in [0.717, 1.165) is 59.6 Å². The minimum Gasteiger partial charge on any atom is -0.444 e. The number of ether oxygens (including phenoxy) is 1. The van der Waals surface area contributed by atoms with Crippen molar-refractivity contribution in [1.29, 1.82) is 0 Å². The van der Waals surface area contributed by atoms with E-state index < -0.39 is 23.8 Å². The number of nitrogens with zero attached hydrogens (tertiary/aromatic N) is 1. The van der Waals surface area contributed by atoms with Crippen molar-refractivity contribution in [2.24, 2.45) is 5.92 Å². The fraction of sp³-hybridized carbons (Fsp3) is 0.513. The van der Waals surface area contributed by atoms with Crippen LogP contribution in [0.3, 0.4) is 0 Å². The first-order valence-electron chi connectivity index (χ1n) is 17.0. The fourth-order valence-electron chi connectivity index (χ4n) is 5.75. The van der Waals surface area contributed by atoms with Crippen LogP contribution >= 0.6 is 0 Å². The third-order valence-electron chi connectivity index (χ3n) is 8.04. The van der Waals surface area contributed by atoms with E-state index in [-0.39, 0.29) is 17.7 Å². The summed E-state index contributed by atoms with van der Waals surface area (Å²) < 4.78 is 5.56. The van der Waals surface area contributed by atoms with E-state index in [0.29, 0.717) is 18.7 Å². The number of unbranched alkanes of at least 4 members (excludes halogenated alkanes) is 5. The largest absolute Gasteiger partial charge is 0.444 e. The average molecular weight is 630 g/mol. The molecule has 3 aromatic carbocycles. The molecule has 3 aromatic rings. The molecule has 7 heteroatoms. The van der Waals surface area contributed by atoms with Crippen molar-refractivity contribution < 1.29 is 19.1 Å². The first kappa shape index (κ1) is 36.6. The van der Waals surface area contributed by atoms with Crippen molar-refractivity contribution in [3.05, 3.63) is 77.4 Å². The van der Waals surface area contributed by atoms with E-state index >= 15 is 0 Å².